The van der Waals surface area contributed by atoms with E-state index in [9.17, 15) is 4.79 Å². The summed E-state index contributed by atoms with van der Waals surface area (Å²) < 4.78 is 1.82. The van der Waals surface area contributed by atoms with Gasteiger partial charge in [-0.1, -0.05) is 0 Å². The van der Waals surface area contributed by atoms with E-state index in [4.69, 9.17) is 0 Å². The van der Waals surface area contributed by atoms with Crippen molar-refractivity contribution in [1.29, 1.82) is 0 Å². The quantitative estimate of drug-likeness (QED) is 0.741. The first-order chi connectivity index (χ1) is 8.41. The smallest absolute Gasteiger partial charge is 0.253 e. The minimum atomic E-state index is -0.0176. The molecule has 0 unspecified atom stereocenters. The molecule has 0 bridgehead atoms. The lowest BCUT2D eigenvalue weighted by Crippen LogP contribution is -2.31. The van der Waals surface area contributed by atoms with Crippen molar-refractivity contribution >= 4 is 49.1 Å². The second kappa shape index (κ2) is 7.62. The lowest BCUT2D eigenvalue weighted by atomic mass is 10.3. The molecule has 1 rings (SSSR count). The monoisotopic (exact) mass is 396 g/mol. The van der Waals surface area contributed by atoms with Gasteiger partial charge in [0.1, 0.15) is 0 Å². The molecule has 1 amide bonds. The summed E-state index contributed by atoms with van der Waals surface area (Å²) >= 11 is 8.27. The largest absolute Gasteiger partial charge is 0.352 e. The minimum Gasteiger partial charge on any atom is -0.352 e. The maximum absolute atomic E-state index is 11.9. The van der Waals surface area contributed by atoms with Crippen LogP contribution in [0.3, 0.4) is 0 Å². The second-order valence-electron chi connectivity index (χ2n) is 4.42. The van der Waals surface area contributed by atoms with Crippen molar-refractivity contribution in [2.45, 2.75) is 26.3 Å². The van der Waals surface area contributed by atoms with Gasteiger partial charge in [0.15, 0.2) is 0 Å². The first-order valence-corrected chi connectivity index (χ1v) is 8.25. The van der Waals surface area contributed by atoms with E-state index in [2.05, 4.69) is 63.0 Å². The van der Waals surface area contributed by atoms with Crippen molar-refractivity contribution < 1.29 is 4.79 Å². The number of hydrogen-bond donors (Lipinski definition) is 1. The third-order valence-electron chi connectivity index (χ3n) is 2.76. The van der Waals surface area contributed by atoms with Crippen molar-refractivity contribution in [2.24, 2.45) is 0 Å². The molecular formula is C12H18Br2N2OS. The van der Waals surface area contributed by atoms with Crippen LogP contribution in [-0.2, 0) is 0 Å². The maximum Gasteiger partial charge on any atom is 0.253 e. The van der Waals surface area contributed by atoms with Crippen LogP contribution in [0.4, 0.5) is 0 Å². The van der Waals surface area contributed by atoms with Crippen molar-refractivity contribution in [3.8, 4) is 0 Å². The first kappa shape index (κ1) is 16.1. The Hall–Kier alpha value is 0.0900. The molecule has 0 aromatic carbocycles. The van der Waals surface area contributed by atoms with Crippen LogP contribution in [0.2, 0.25) is 0 Å². The summed E-state index contributed by atoms with van der Waals surface area (Å²) in [5.74, 6) is -0.0176. The molecule has 6 heteroatoms. The zero-order valence-corrected chi connectivity index (χ0v) is 14.8. The Labute approximate surface area is 129 Å². The summed E-state index contributed by atoms with van der Waals surface area (Å²) in [6, 6.07) is 2.38. The maximum atomic E-state index is 11.9. The van der Waals surface area contributed by atoms with Crippen molar-refractivity contribution in [1.82, 2.24) is 10.2 Å². The van der Waals surface area contributed by atoms with E-state index < -0.39 is 0 Å². The Bertz CT molecular complexity index is 407. The zero-order valence-electron chi connectivity index (χ0n) is 10.8. The van der Waals surface area contributed by atoms with Gasteiger partial charge in [0, 0.05) is 12.6 Å². The van der Waals surface area contributed by atoms with Gasteiger partial charge >= 0.3 is 0 Å². The van der Waals surface area contributed by atoms with Crippen LogP contribution in [0.15, 0.2) is 13.6 Å². The molecule has 0 spiro atoms. The highest BCUT2D eigenvalue weighted by atomic mass is 79.9. The van der Waals surface area contributed by atoms with Crippen molar-refractivity contribution in [3.63, 3.8) is 0 Å². The van der Waals surface area contributed by atoms with Gasteiger partial charge in [-0.2, -0.15) is 0 Å². The summed E-state index contributed by atoms with van der Waals surface area (Å²) in [5.41, 5.74) is 0.698. The van der Waals surface area contributed by atoms with E-state index in [0.717, 1.165) is 20.5 Å². The Morgan fingerprint density at radius 1 is 1.50 bits per heavy atom. The van der Waals surface area contributed by atoms with Gasteiger partial charge in [0.05, 0.1) is 13.1 Å². The SMILES string of the molecule is CC(C)N(C)CCCNC(=O)c1cc(Br)sc1Br. The third-order valence-corrected chi connectivity index (χ3v) is 5.10. The molecular weight excluding hydrogens is 380 g/mol. The second-order valence-corrected chi connectivity index (χ2v) is 8.17. The molecule has 3 nitrogen and oxygen atoms in total. The van der Waals surface area contributed by atoms with Crippen LogP contribution < -0.4 is 5.32 Å². The minimum absolute atomic E-state index is 0.0176. The van der Waals surface area contributed by atoms with Crippen LogP contribution in [-0.4, -0.2) is 37.0 Å². The van der Waals surface area contributed by atoms with Gasteiger partial charge in [-0.05, 0) is 71.8 Å². The van der Waals surface area contributed by atoms with E-state index in [1.165, 1.54) is 11.3 Å². The average molecular weight is 398 g/mol. The standard InChI is InChI=1S/C12H18Br2N2OS/c1-8(2)16(3)6-4-5-15-12(17)9-7-10(13)18-11(9)14/h7-8H,4-6H2,1-3H3,(H,15,17). The fraction of sp³-hybridized carbons (Fsp3) is 0.583. The lowest BCUT2D eigenvalue weighted by Gasteiger charge is -2.20. The highest BCUT2D eigenvalue weighted by Gasteiger charge is 2.13. The molecule has 0 aliphatic carbocycles. The molecule has 0 aliphatic heterocycles. The van der Waals surface area contributed by atoms with Gasteiger partial charge in [-0.15, -0.1) is 11.3 Å². The Morgan fingerprint density at radius 3 is 2.67 bits per heavy atom. The highest BCUT2D eigenvalue weighted by Crippen LogP contribution is 2.31. The number of nitrogens with zero attached hydrogens (tertiary/aromatic N) is 1. The molecule has 1 heterocycles. The van der Waals surface area contributed by atoms with Crippen LogP contribution in [0, 0.1) is 0 Å². The van der Waals surface area contributed by atoms with Gasteiger partial charge in [-0.25, -0.2) is 0 Å². The molecule has 18 heavy (non-hydrogen) atoms. The van der Waals surface area contributed by atoms with E-state index in [-0.39, 0.29) is 5.91 Å². The van der Waals surface area contributed by atoms with Crippen LogP contribution in [0.5, 0.6) is 0 Å². The van der Waals surface area contributed by atoms with Gasteiger partial charge in [0.25, 0.3) is 5.91 Å². The molecule has 102 valence electrons. The number of thiophene rings is 1. The van der Waals surface area contributed by atoms with E-state index in [0.29, 0.717) is 18.2 Å². The summed E-state index contributed by atoms with van der Waals surface area (Å²) in [5, 5.41) is 2.94. The fourth-order valence-corrected chi connectivity index (χ4v) is 4.17. The summed E-state index contributed by atoms with van der Waals surface area (Å²) in [4.78, 5) is 14.2. The molecule has 0 saturated carbocycles. The molecule has 0 atom stereocenters. The molecule has 1 N–H and O–H groups in total. The lowest BCUT2D eigenvalue weighted by molar-refractivity contribution is 0.0951. The normalized spacial score (nSPS) is 11.3. The number of carbonyl (C=O) groups is 1. The van der Waals surface area contributed by atoms with E-state index >= 15 is 0 Å². The van der Waals surface area contributed by atoms with Crippen LogP contribution >= 0.6 is 43.2 Å². The number of amides is 1. The van der Waals surface area contributed by atoms with Crippen LogP contribution in [0.1, 0.15) is 30.6 Å². The predicted octanol–water partition coefficient (Wildman–Crippen LogP) is 3.73. The molecule has 1 aromatic rings. The first-order valence-electron chi connectivity index (χ1n) is 5.85. The van der Waals surface area contributed by atoms with E-state index in [1.807, 2.05) is 6.07 Å². The molecule has 0 fully saturated rings. The molecule has 0 saturated heterocycles. The summed E-state index contributed by atoms with van der Waals surface area (Å²) in [7, 11) is 2.10. The Morgan fingerprint density at radius 2 is 2.17 bits per heavy atom. The van der Waals surface area contributed by atoms with Gasteiger partial charge in [0.2, 0.25) is 0 Å². The number of rotatable bonds is 6. The zero-order chi connectivity index (χ0) is 13.7. The Kier molecular flexibility index (Phi) is 6.84. The van der Waals surface area contributed by atoms with Crippen molar-refractivity contribution in [3.05, 3.63) is 19.2 Å². The number of hydrogen-bond acceptors (Lipinski definition) is 3. The highest BCUT2D eigenvalue weighted by molar-refractivity contribution is 9.12. The van der Waals surface area contributed by atoms with Gasteiger partial charge < -0.3 is 10.2 Å². The summed E-state index contributed by atoms with van der Waals surface area (Å²) in [6.45, 7) is 6.03. The van der Waals surface area contributed by atoms with Crippen LogP contribution in [0.25, 0.3) is 0 Å². The topological polar surface area (TPSA) is 32.3 Å². The number of carbonyl (C=O) groups excluding carboxylic acids is 1. The van der Waals surface area contributed by atoms with Crippen molar-refractivity contribution in [2.75, 3.05) is 20.1 Å². The fourth-order valence-electron chi connectivity index (χ4n) is 1.38. The average Bonchev–Trinajstić information content (AvgIpc) is 2.63. The number of nitrogens with one attached hydrogen (secondary N) is 1. The Balaban J connectivity index is 2.32. The van der Waals surface area contributed by atoms with Gasteiger partial charge in [-0.3, -0.25) is 4.79 Å². The number of halogens is 2. The molecule has 0 radical (unpaired) electrons. The molecule has 0 aliphatic rings. The van der Waals surface area contributed by atoms with E-state index in [1.54, 1.807) is 0 Å². The predicted molar refractivity (Wildman–Crippen MR) is 84.4 cm³/mol. The summed E-state index contributed by atoms with van der Waals surface area (Å²) in [6.07, 6.45) is 0.962. The molecule has 1 aromatic heterocycles. The third kappa shape index (κ3) is 4.99.